The molecule has 0 atom stereocenters. The molecular formula is C14H19NOS. The average molecular weight is 249 g/mol. The van der Waals surface area contributed by atoms with Gasteiger partial charge in [-0.1, -0.05) is 25.8 Å². The molecule has 2 nitrogen and oxygen atoms in total. The Morgan fingerprint density at radius 3 is 2.82 bits per heavy atom. The third-order valence-electron chi connectivity index (χ3n) is 2.55. The standard InChI is InChI=1S/C14H19NOS/c1-3-4-5-8-17-11-12-6-7-13(10-15)14(9-12)16-2/h6-7,9H,3-5,8,11H2,1-2H3. The number of ether oxygens (including phenoxy) is 1. The van der Waals surface area contributed by atoms with Crippen molar-refractivity contribution in [2.75, 3.05) is 12.9 Å². The minimum absolute atomic E-state index is 0.604. The molecule has 0 heterocycles. The van der Waals surface area contributed by atoms with Gasteiger partial charge in [0.25, 0.3) is 0 Å². The average Bonchev–Trinajstić information content (AvgIpc) is 2.38. The molecule has 0 spiro atoms. The molecule has 0 aliphatic rings. The molecule has 0 N–H and O–H groups in total. The Bertz CT molecular complexity index is 384. The van der Waals surface area contributed by atoms with Gasteiger partial charge < -0.3 is 4.74 Å². The van der Waals surface area contributed by atoms with E-state index >= 15 is 0 Å². The third kappa shape index (κ3) is 4.70. The van der Waals surface area contributed by atoms with E-state index in [4.69, 9.17) is 10.00 Å². The summed E-state index contributed by atoms with van der Waals surface area (Å²) in [4.78, 5) is 0. The number of hydrogen-bond donors (Lipinski definition) is 0. The maximum atomic E-state index is 8.88. The minimum atomic E-state index is 0.604. The lowest BCUT2D eigenvalue weighted by Gasteiger charge is -2.06. The van der Waals surface area contributed by atoms with Crippen molar-refractivity contribution < 1.29 is 4.74 Å². The van der Waals surface area contributed by atoms with Crippen LogP contribution in [0.2, 0.25) is 0 Å². The largest absolute Gasteiger partial charge is 0.495 e. The summed E-state index contributed by atoms with van der Waals surface area (Å²) in [5, 5.41) is 8.88. The molecule has 92 valence electrons. The van der Waals surface area contributed by atoms with Gasteiger partial charge in [0.15, 0.2) is 0 Å². The molecule has 0 bridgehead atoms. The van der Waals surface area contributed by atoms with Crippen LogP contribution in [-0.2, 0) is 5.75 Å². The lowest BCUT2D eigenvalue weighted by molar-refractivity contribution is 0.413. The van der Waals surface area contributed by atoms with Crippen LogP contribution in [0.3, 0.4) is 0 Å². The number of nitrogens with zero attached hydrogens (tertiary/aromatic N) is 1. The van der Waals surface area contributed by atoms with Gasteiger partial charge in [0.1, 0.15) is 11.8 Å². The number of unbranched alkanes of at least 4 members (excludes halogenated alkanes) is 2. The summed E-state index contributed by atoms with van der Waals surface area (Å²) in [6, 6.07) is 7.93. The van der Waals surface area contributed by atoms with Crippen molar-refractivity contribution in [3.8, 4) is 11.8 Å². The fourth-order valence-electron chi connectivity index (χ4n) is 1.56. The van der Waals surface area contributed by atoms with Crippen LogP contribution in [0, 0.1) is 11.3 Å². The number of hydrogen-bond acceptors (Lipinski definition) is 3. The summed E-state index contributed by atoms with van der Waals surface area (Å²) < 4.78 is 5.19. The molecule has 0 aliphatic carbocycles. The van der Waals surface area contributed by atoms with E-state index < -0.39 is 0 Å². The van der Waals surface area contributed by atoms with Gasteiger partial charge in [-0.25, -0.2) is 0 Å². The minimum Gasteiger partial charge on any atom is -0.495 e. The van der Waals surface area contributed by atoms with Crippen molar-refractivity contribution in [2.45, 2.75) is 31.9 Å². The van der Waals surface area contributed by atoms with Crippen molar-refractivity contribution in [3.63, 3.8) is 0 Å². The van der Waals surface area contributed by atoms with Gasteiger partial charge in [0.05, 0.1) is 12.7 Å². The number of rotatable bonds is 7. The molecule has 0 aromatic heterocycles. The van der Waals surface area contributed by atoms with E-state index in [9.17, 15) is 0 Å². The molecule has 0 radical (unpaired) electrons. The normalized spacial score (nSPS) is 9.94. The lowest BCUT2D eigenvalue weighted by atomic mass is 10.1. The van der Waals surface area contributed by atoms with E-state index in [1.54, 1.807) is 7.11 Å². The fourth-order valence-corrected chi connectivity index (χ4v) is 2.53. The van der Waals surface area contributed by atoms with E-state index in [0.717, 1.165) is 5.75 Å². The van der Waals surface area contributed by atoms with Gasteiger partial charge in [-0.05, 0) is 29.9 Å². The molecule has 3 heteroatoms. The molecule has 0 saturated carbocycles. The van der Waals surface area contributed by atoms with Gasteiger partial charge >= 0.3 is 0 Å². The molecule has 0 saturated heterocycles. The Kier molecular flexibility index (Phi) is 6.57. The molecule has 0 amide bonds. The Labute approximate surface area is 108 Å². The first-order chi connectivity index (χ1) is 8.31. The second-order valence-corrected chi connectivity index (χ2v) is 5.01. The van der Waals surface area contributed by atoms with Crippen molar-refractivity contribution >= 4 is 11.8 Å². The highest BCUT2D eigenvalue weighted by Gasteiger charge is 2.03. The van der Waals surface area contributed by atoms with Crippen LogP contribution in [0.15, 0.2) is 18.2 Å². The number of thioether (sulfide) groups is 1. The smallest absolute Gasteiger partial charge is 0.136 e. The van der Waals surface area contributed by atoms with Crippen LogP contribution >= 0.6 is 11.8 Å². The maximum Gasteiger partial charge on any atom is 0.136 e. The molecule has 17 heavy (non-hydrogen) atoms. The summed E-state index contributed by atoms with van der Waals surface area (Å²) in [6.07, 6.45) is 3.86. The van der Waals surface area contributed by atoms with E-state index in [1.165, 1.54) is 30.6 Å². The molecule has 1 aromatic rings. The topological polar surface area (TPSA) is 33.0 Å². The van der Waals surface area contributed by atoms with Crippen molar-refractivity contribution in [1.29, 1.82) is 5.26 Å². The van der Waals surface area contributed by atoms with E-state index in [2.05, 4.69) is 13.0 Å². The zero-order valence-corrected chi connectivity index (χ0v) is 11.3. The summed E-state index contributed by atoms with van der Waals surface area (Å²) in [6.45, 7) is 2.22. The Balaban J connectivity index is 2.47. The van der Waals surface area contributed by atoms with Crippen LogP contribution in [-0.4, -0.2) is 12.9 Å². The highest BCUT2D eigenvalue weighted by Crippen LogP contribution is 2.22. The maximum absolute atomic E-state index is 8.88. The molecule has 0 unspecified atom stereocenters. The molecule has 0 aliphatic heterocycles. The predicted octanol–water partition coefficient (Wildman–Crippen LogP) is 3.99. The van der Waals surface area contributed by atoms with Crippen molar-refractivity contribution in [3.05, 3.63) is 29.3 Å². The van der Waals surface area contributed by atoms with E-state index in [1.807, 2.05) is 30.0 Å². The first-order valence-electron chi connectivity index (χ1n) is 5.96. The number of methoxy groups -OCH3 is 1. The van der Waals surface area contributed by atoms with Crippen LogP contribution in [0.1, 0.15) is 37.3 Å². The highest BCUT2D eigenvalue weighted by atomic mass is 32.2. The van der Waals surface area contributed by atoms with Crippen molar-refractivity contribution in [2.24, 2.45) is 0 Å². The second kappa shape index (κ2) is 8.03. The SMILES string of the molecule is CCCCCSCc1ccc(C#N)c(OC)c1. The van der Waals surface area contributed by atoms with Gasteiger partial charge in [0, 0.05) is 5.75 Å². The lowest BCUT2D eigenvalue weighted by Crippen LogP contribution is -1.91. The van der Waals surface area contributed by atoms with Crippen LogP contribution in [0.5, 0.6) is 5.75 Å². The summed E-state index contributed by atoms with van der Waals surface area (Å²) in [5.74, 6) is 2.88. The zero-order chi connectivity index (χ0) is 12.5. The van der Waals surface area contributed by atoms with Crippen LogP contribution in [0.4, 0.5) is 0 Å². The van der Waals surface area contributed by atoms with Gasteiger partial charge in [-0.2, -0.15) is 17.0 Å². The monoisotopic (exact) mass is 249 g/mol. The summed E-state index contributed by atoms with van der Waals surface area (Å²) in [7, 11) is 1.61. The highest BCUT2D eigenvalue weighted by molar-refractivity contribution is 7.98. The molecule has 1 aromatic carbocycles. The van der Waals surface area contributed by atoms with Gasteiger partial charge in [-0.15, -0.1) is 0 Å². The molecule has 0 fully saturated rings. The van der Waals surface area contributed by atoms with Crippen molar-refractivity contribution in [1.82, 2.24) is 0 Å². The zero-order valence-electron chi connectivity index (χ0n) is 10.5. The van der Waals surface area contributed by atoms with Gasteiger partial charge in [0.2, 0.25) is 0 Å². The van der Waals surface area contributed by atoms with Crippen LogP contribution < -0.4 is 4.74 Å². The van der Waals surface area contributed by atoms with E-state index in [0.29, 0.717) is 11.3 Å². The summed E-state index contributed by atoms with van der Waals surface area (Å²) in [5.41, 5.74) is 1.83. The second-order valence-electron chi connectivity index (χ2n) is 3.91. The van der Waals surface area contributed by atoms with Crippen LogP contribution in [0.25, 0.3) is 0 Å². The summed E-state index contributed by atoms with van der Waals surface area (Å²) >= 11 is 1.94. The first kappa shape index (κ1) is 13.9. The number of benzene rings is 1. The fraction of sp³-hybridized carbons (Fsp3) is 0.500. The Hall–Kier alpha value is -1.14. The molecular weight excluding hydrogens is 230 g/mol. The quantitative estimate of drug-likeness (QED) is 0.685. The predicted molar refractivity (Wildman–Crippen MR) is 73.4 cm³/mol. The molecule has 1 rings (SSSR count). The first-order valence-corrected chi connectivity index (χ1v) is 7.12. The Morgan fingerprint density at radius 1 is 1.35 bits per heavy atom. The number of nitriles is 1. The van der Waals surface area contributed by atoms with Gasteiger partial charge in [-0.3, -0.25) is 0 Å². The van der Waals surface area contributed by atoms with E-state index in [-0.39, 0.29) is 0 Å². The Morgan fingerprint density at radius 2 is 2.18 bits per heavy atom. The third-order valence-corrected chi connectivity index (χ3v) is 3.66.